The lowest BCUT2D eigenvalue weighted by Gasteiger charge is -2.30. The molecule has 0 bridgehead atoms. The molecule has 0 unspecified atom stereocenters. The monoisotopic (exact) mass is 481 g/mol. The van der Waals surface area contributed by atoms with E-state index in [0.717, 1.165) is 56.8 Å². The van der Waals surface area contributed by atoms with Gasteiger partial charge in [0.15, 0.2) is 11.5 Å². The molecule has 1 saturated heterocycles. The van der Waals surface area contributed by atoms with Crippen LogP contribution >= 0.6 is 0 Å². The van der Waals surface area contributed by atoms with Crippen molar-refractivity contribution >= 4 is 17.7 Å². The lowest BCUT2D eigenvalue weighted by atomic mass is 9.86. The molecule has 0 N–H and O–H groups in total. The van der Waals surface area contributed by atoms with E-state index in [4.69, 9.17) is 14.2 Å². The van der Waals surface area contributed by atoms with Gasteiger partial charge in [-0.05, 0) is 77.8 Å². The van der Waals surface area contributed by atoms with Crippen LogP contribution in [0.2, 0.25) is 0 Å². The van der Waals surface area contributed by atoms with Gasteiger partial charge in [-0.15, -0.1) is 0 Å². The molecule has 0 amide bonds. The van der Waals surface area contributed by atoms with Crippen LogP contribution in [0.15, 0.2) is 66.2 Å². The van der Waals surface area contributed by atoms with Crippen LogP contribution in [0, 0.1) is 0 Å². The second kappa shape index (κ2) is 11.0. The predicted octanol–water partition coefficient (Wildman–Crippen LogP) is 6.73. The molecule has 4 nitrogen and oxygen atoms in total. The summed E-state index contributed by atoms with van der Waals surface area (Å²) >= 11 is 0. The molecule has 2 aliphatic rings. The summed E-state index contributed by atoms with van der Waals surface area (Å²) in [5.41, 5.74) is 9.59. The van der Waals surface area contributed by atoms with Crippen LogP contribution in [-0.2, 0) is 6.42 Å². The molecule has 186 valence electrons. The van der Waals surface area contributed by atoms with Gasteiger partial charge in [-0.25, -0.2) is 0 Å². The van der Waals surface area contributed by atoms with Crippen molar-refractivity contribution < 1.29 is 14.2 Å². The van der Waals surface area contributed by atoms with E-state index in [1.54, 1.807) is 26.9 Å². The number of nitrogens with zero attached hydrogens (tertiary/aromatic N) is 1. The van der Waals surface area contributed by atoms with Crippen LogP contribution in [0.3, 0.4) is 0 Å². The van der Waals surface area contributed by atoms with Crippen molar-refractivity contribution in [1.82, 2.24) is 4.90 Å². The maximum atomic E-state index is 5.52. The lowest BCUT2D eigenvalue weighted by Crippen LogP contribution is -2.32. The highest BCUT2D eigenvalue weighted by Gasteiger charge is 2.22. The van der Waals surface area contributed by atoms with Crippen LogP contribution < -0.4 is 14.2 Å². The summed E-state index contributed by atoms with van der Waals surface area (Å²) in [4.78, 5) is 2.61. The molecule has 3 aromatic rings. The van der Waals surface area contributed by atoms with Crippen LogP contribution in [0.1, 0.15) is 47.1 Å². The van der Waals surface area contributed by atoms with Crippen LogP contribution in [0.25, 0.3) is 17.7 Å². The van der Waals surface area contributed by atoms with Crippen molar-refractivity contribution in [3.8, 4) is 17.2 Å². The minimum absolute atomic E-state index is 0.650. The zero-order valence-electron chi connectivity index (χ0n) is 21.5. The second-order valence-corrected chi connectivity index (χ2v) is 9.47. The quantitative estimate of drug-likeness (QED) is 0.293. The molecule has 36 heavy (non-hydrogen) atoms. The lowest BCUT2D eigenvalue weighted by molar-refractivity contribution is 0.254. The van der Waals surface area contributed by atoms with Crippen molar-refractivity contribution in [2.24, 2.45) is 0 Å². The normalized spacial score (nSPS) is 15.2. The van der Waals surface area contributed by atoms with Gasteiger partial charge in [0.05, 0.1) is 21.3 Å². The highest BCUT2D eigenvalue weighted by atomic mass is 16.5. The molecule has 0 radical (unpaired) electrons. The fraction of sp³-hybridized carbons (Fsp3) is 0.312. The van der Waals surface area contributed by atoms with Crippen molar-refractivity contribution in [2.75, 3.05) is 41.0 Å². The fourth-order valence-corrected chi connectivity index (χ4v) is 5.53. The third-order valence-corrected chi connectivity index (χ3v) is 7.38. The Balaban J connectivity index is 1.28. The van der Waals surface area contributed by atoms with Gasteiger partial charge >= 0.3 is 0 Å². The first kappa shape index (κ1) is 24.2. The van der Waals surface area contributed by atoms with Crippen molar-refractivity contribution in [3.05, 3.63) is 94.1 Å². The van der Waals surface area contributed by atoms with E-state index in [0.29, 0.717) is 5.75 Å². The summed E-state index contributed by atoms with van der Waals surface area (Å²) in [6.07, 6.45) is 8.83. The average Bonchev–Trinajstić information content (AvgIpc) is 3.10. The standard InChI is InChI=1S/C32H35NO3/c1-34-29-21-23(22-30(35-2)32(29)36-3)9-8-18-33-19-16-26(17-20-33)31-27-12-6-4-10-24(27)14-15-25-11-5-7-13-28(25)31/h4-7,10-15,21-22H,8-9,16-20H2,1-3H3. The maximum Gasteiger partial charge on any atom is 0.203 e. The molecule has 0 spiro atoms. The topological polar surface area (TPSA) is 30.9 Å². The van der Waals surface area contributed by atoms with Gasteiger partial charge in [0, 0.05) is 13.1 Å². The van der Waals surface area contributed by atoms with Gasteiger partial charge < -0.3 is 19.1 Å². The van der Waals surface area contributed by atoms with Crippen LogP contribution in [-0.4, -0.2) is 45.9 Å². The summed E-state index contributed by atoms with van der Waals surface area (Å²) in [5.74, 6) is 2.09. The van der Waals surface area contributed by atoms with E-state index >= 15 is 0 Å². The molecule has 0 atom stereocenters. The summed E-state index contributed by atoms with van der Waals surface area (Å²) in [6, 6.07) is 21.8. The zero-order chi connectivity index (χ0) is 24.9. The Bertz CT molecular complexity index is 1200. The van der Waals surface area contributed by atoms with E-state index in [1.165, 1.54) is 33.4 Å². The molecule has 1 heterocycles. The first-order chi connectivity index (χ1) is 17.7. The Morgan fingerprint density at radius 1 is 0.722 bits per heavy atom. The van der Waals surface area contributed by atoms with Gasteiger partial charge in [0.25, 0.3) is 0 Å². The zero-order valence-corrected chi connectivity index (χ0v) is 21.5. The molecule has 3 aromatic carbocycles. The number of likely N-dealkylation sites (tertiary alicyclic amines) is 1. The fourth-order valence-electron chi connectivity index (χ4n) is 5.53. The van der Waals surface area contributed by atoms with Crippen LogP contribution in [0.4, 0.5) is 0 Å². The molecule has 1 aliphatic heterocycles. The highest BCUT2D eigenvalue weighted by molar-refractivity contribution is 5.94. The third-order valence-electron chi connectivity index (χ3n) is 7.38. The third kappa shape index (κ3) is 4.91. The van der Waals surface area contributed by atoms with Gasteiger partial charge in [0.1, 0.15) is 0 Å². The predicted molar refractivity (Wildman–Crippen MR) is 148 cm³/mol. The first-order valence-corrected chi connectivity index (χ1v) is 12.8. The molecule has 5 rings (SSSR count). The average molecular weight is 482 g/mol. The number of ether oxygens (including phenoxy) is 3. The number of hydrogen-bond acceptors (Lipinski definition) is 4. The Morgan fingerprint density at radius 2 is 1.28 bits per heavy atom. The summed E-state index contributed by atoms with van der Waals surface area (Å²) < 4.78 is 16.5. The largest absolute Gasteiger partial charge is 0.493 e. The smallest absolute Gasteiger partial charge is 0.203 e. The molecular formula is C32H35NO3. The molecule has 1 aliphatic carbocycles. The number of rotatable bonds is 7. The Morgan fingerprint density at radius 3 is 1.81 bits per heavy atom. The minimum atomic E-state index is 0.650. The second-order valence-electron chi connectivity index (χ2n) is 9.47. The van der Waals surface area contributed by atoms with Crippen molar-refractivity contribution in [1.29, 1.82) is 0 Å². The SMILES string of the molecule is COc1cc(CCCN2CCC(=C3c4ccccc4C=Cc4ccccc43)CC2)cc(OC)c1OC. The van der Waals surface area contributed by atoms with E-state index in [9.17, 15) is 0 Å². The first-order valence-electron chi connectivity index (χ1n) is 12.8. The van der Waals surface area contributed by atoms with E-state index < -0.39 is 0 Å². The Hall–Kier alpha value is -3.50. The summed E-state index contributed by atoms with van der Waals surface area (Å²) in [5, 5.41) is 0. The number of hydrogen-bond donors (Lipinski definition) is 0. The summed E-state index contributed by atoms with van der Waals surface area (Å²) in [6.45, 7) is 3.30. The number of benzene rings is 3. The molecular weight excluding hydrogens is 446 g/mol. The number of aryl methyl sites for hydroxylation is 1. The van der Waals surface area contributed by atoms with Gasteiger partial charge in [0.2, 0.25) is 5.75 Å². The van der Waals surface area contributed by atoms with E-state index in [2.05, 4.69) is 77.7 Å². The van der Waals surface area contributed by atoms with Gasteiger partial charge in [-0.3, -0.25) is 0 Å². The Labute approximate surface area is 214 Å². The molecule has 1 fully saturated rings. The number of piperidine rings is 1. The minimum Gasteiger partial charge on any atom is -0.493 e. The molecule has 0 aromatic heterocycles. The maximum absolute atomic E-state index is 5.52. The Kier molecular flexibility index (Phi) is 7.43. The summed E-state index contributed by atoms with van der Waals surface area (Å²) in [7, 11) is 4.98. The number of fused-ring (bicyclic) bond motifs is 2. The van der Waals surface area contributed by atoms with Crippen molar-refractivity contribution in [3.63, 3.8) is 0 Å². The van der Waals surface area contributed by atoms with Gasteiger partial charge in [-0.1, -0.05) is 66.3 Å². The van der Waals surface area contributed by atoms with Gasteiger partial charge in [-0.2, -0.15) is 0 Å². The molecule has 0 saturated carbocycles. The van der Waals surface area contributed by atoms with Crippen molar-refractivity contribution in [2.45, 2.75) is 25.7 Å². The highest BCUT2D eigenvalue weighted by Crippen LogP contribution is 2.40. The van der Waals surface area contributed by atoms with E-state index in [-0.39, 0.29) is 0 Å². The number of methoxy groups -OCH3 is 3. The van der Waals surface area contributed by atoms with E-state index in [1.807, 2.05) is 0 Å². The molecule has 4 heteroatoms. The van der Waals surface area contributed by atoms with Crippen LogP contribution in [0.5, 0.6) is 17.2 Å².